The van der Waals surface area contributed by atoms with Crippen molar-refractivity contribution in [2.75, 3.05) is 0 Å². The van der Waals surface area contributed by atoms with Crippen LogP contribution < -0.4 is 0 Å². The van der Waals surface area contributed by atoms with Crippen molar-refractivity contribution in [2.45, 2.75) is 10.8 Å². The van der Waals surface area contributed by atoms with E-state index in [1.807, 2.05) is 24.3 Å². The molecule has 2 rings (SSSR count). The molecule has 0 aliphatic rings. The molecule has 0 saturated heterocycles. The van der Waals surface area contributed by atoms with Gasteiger partial charge in [0.15, 0.2) is 0 Å². The number of hydrogen-bond acceptors (Lipinski definition) is 4. The molecular weight excluding hydrogens is 272 g/mol. The van der Waals surface area contributed by atoms with Gasteiger partial charge in [0.25, 0.3) is 5.69 Å². The number of nitro groups is 1. The van der Waals surface area contributed by atoms with E-state index in [1.54, 1.807) is 6.07 Å². The number of thioether (sulfide) groups is 1. The Bertz CT molecular complexity index is 560. The first-order chi connectivity index (χ1) is 8.66. The summed E-state index contributed by atoms with van der Waals surface area (Å²) >= 11 is 7.52. The highest BCUT2D eigenvalue weighted by Gasteiger charge is 2.06. The van der Waals surface area contributed by atoms with Crippen molar-refractivity contribution in [2.24, 2.45) is 0 Å². The summed E-state index contributed by atoms with van der Waals surface area (Å²) in [5.74, 6) is 0.685. The second-order valence-corrected chi connectivity index (χ2v) is 4.89. The number of rotatable bonds is 4. The number of hydrogen-bond donors (Lipinski definition) is 0. The van der Waals surface area contributed by atoms with E-state index < -0.39 is 4.92 Å². The van der Waals surface area contributed by atoms with Gasteiger partial charge in [0.05, 0.1) is 9.95 Å². The third kappa shape index (κ3) is 3.21. The van der Waals surface area contributed by atoms with Crippen LogP contribution in [0, 0.1) is 10.1 Å². The van der Waals surface area contributed by atoms with E-state index >= 15 is 0 Å². The fourth-order valence-electron chi connectivity index (χ4n) is 1.33. The number of pyridine rings is 1. The third-order valence-electron chi connectivity index (χ3n) is 2.26. The van der Waals surface area contributed by atoms with Gasteiger partial charge in [0, 0.05) is 16.8 Å². The Hall–Kier alpha value is -1.59. The van der Waals surface area contributed by atoms with Crippen molar-refractivity contribution in [1.29, 1.82) is 0 Å². The molecule has 0 unspecified atom stereocenters. The van der Waals surface area contributed by atoms with Crippen LogP contribution in [-0.4, -0.2) is 9.91 Å². The molecule has 6 heteroatoms. The van der Waals surface area contributed by atoms with E-state index in [9.17, 15) is 10.1 Å². The predicted octanol–water partition coefficient (Wildman–Crippen LogP) is 3.94. The SMILES string of the molecule is O=[N+]([O-])c1ccc(SCc2ccccc2Cl)nc1. The zero-order valence-corrected chi connectivity index (χ0v) is 10.8. The quantitative estimate of drug-likeness (QED) is 0.484. The van der Waals surface area contributed by atoms with Crippen LogP contribution in [0.3, 0.4) is 0 Å². The van der Waals surface area contributed by atoms with Gasteiger partial charge in [-0.05, 0) is 17.7 Å². The molecule has 0 atom stereocenters. The standard InChI is InChI=1S/C12H9ClN2O2S/c13-11-4-2-1-3-9(11)8-18-12-6-5-10(7-14-12)15(16)17/h1-7H,8H2. The predicted molar refractivity (Wildman–Crippen MR) is 71.9 cm³/mol. The Morgan fingerprint density at radius 2 is 2.06 bits per heavy atom. The van der Waals surface area contributed by atoms with E-state index in [2.05, 4.69) is 4.98 Å². The maximum Gasteiger partial charge on any atom is 0.287 e. The van der Waals surface area contributed by atoms with Gasteiger partial charge in [-0.15, -0.1) is 11.8 Å². The van der Waals surface area contributed by atoms with E-state index in [0.717, 1.165) is 10.6 Å². The second-order valence-electron chi connectivity index (χ2n) is 3.49. The molecule has 0 fully saturated rings. The molecule has 4 nitrogen and oxygen atoms in total. The molecule has 1 aromatic heterocycles. The lowest BCUT2D eigenvalue weighted by Crippen LogP contribution is -1.89. The van der Waals surface area contributed by atoms with Crippen molar-refractivity contribution in [1.82, 2.24) is 4.98 Å². The van der Waals surface area contributed by atoms with Crippen molar-refractivity contribution >= 4 is 29.1 Å². The van der Waals surface area contributed by atoms with E-state index in [0.29, 0.717) is 10.8 Å². The second kappa shape index (κ2) is 5.84. The average Bonchev–Trinajstić information content (AvgIpc) is 2.38. The zero-order valence-electron chi connectivity index (χ0n) is 9.25. The van der Waals surface area contributed by atoms with Crippen LogP contribution in [0.1, 0.15) is 5.56 Å². The summed E-state index contributed by atoms with van der Waals surface area (Å²) in [5, 5.41) is 11.9. The molecule has 0 aliphatic heterocycles. The number of aromatic nitrogens is 1. The molecule has 18 heavy (non-hydrogen) atoms. The summed E-state index contributed by atoms with van der Waals surface area (Å²) in [5.41, 5.74) is 1.02. The lowest BCUT2D eigenvalue weighted by Gasteiger charge is -2.03. The maximum absolute atomic E-state index is 10.5. The fraction of sp³-hybridized carbons (Fsp3) is 0.0833. The van der Waals surface area contributed by atoms with Gasteiger partial charge >= 0.3 is 0 Å². The average molecular weight is 281 g/mol. The molecule has 1 aromatic carbocycles. The van der Waals surface area contributed by atoms with Crippen LogP contribution in [0.15, 0.2) is 47.6 Å². The Balaban J connectivity index is 2.02. The molecule has 0 N–H and O–H groups in total. The summed E-state index contributed by atoms with van der Waals surface area (Å²) < 4.78 is 0. The summed E-state index contributed by atoms with van der Waals surface area (Å²) in [6.45, 7) is 0. The van der Waals surface area contributed by atoms with Crippen LogP contribution in [-0.2, 0) is 5.75 Å². The number of halogens is 1. The van der Waals surface area contributed by atoms with Gasteiger partial charge in [0.2, 0.25) is 0 Å². The smallest absolute Gasteiger partial charge is 0.258 e. The van der Waals surface area contributed by atoms with Crippen LogP contribution in [0.5, 0.6) is 0 Å². The molecule has 2 aromatic rings. The molecule has 1 heterocycles. The Kier molecular flexibility index (Phi) is 4.17. The monoisotopic (exact) mass is 280 g/mol. The molecule has 0 bridgehead atoms. The van der Waals surface area contributed by atoms with Gasteiger partial charge < -0.3 is 0 Å². The van der Waals surface area contributed by atoms with E-state index in [4.69, 9.17) is 11.6 Å². The molecule has 0 amide bonds. The molecular formula is C12H9ClN2O2S. The van der Waals surface area contributed by atoms with Crippen LogP contribution in [0.2, 0.25) is 5.02 Å². The maximum atomic E-state index is 10.5. The first-order valence-corrected chi connectivity index (χ1v) is 6.50. The van der Waals surface area contributed by atoms with Crippen molar-refractivity contribution in [3.63, 3.8) is 0 Å². The normalized spacial score (nSPS) is 10.3. The van der Waals surface area contributed by atoms with Gasteiger partial charge in [-0.25, -0.2) is 4.98 Å². The minimum atomic E-state index is -0.463. The largest absolute Gasteiger partial charge is 0.287 e. The molecule has 0 radical (unpaired) electrons. The van der Waals surface area contributed by atoms with E-state index in [-0.39, 0.29) is 5.69 Å². The van der Waals surface area contributed by atoms with Crippen molar-refractivity contribution < 1.29 is 4.92 Å². The number of nitrogens with zero attached hydrogens (tertiary/aromatic N) is 2. The zero-order chi connectivity index (χ0) is 13.0. The molecule has 92 valence electrons. The van der Waals surface area contributed by atoms with Crippen LogP contribution >= 0.6 is 23.4 Å². The van der Waals surface area contributed by atoms with Gasteiger partial charge in [0.1, 0.15) is 6.20 Å². The fourth-order valence-corrected chi connectivity index (χ4v) is 2.46. The minimum Gasteiger partial charge on any atom is -0.258 e. The summed E-state index contributed by atoms with van der Waals surface area (Å²) in [6.07, 6.45) is 1.26. The molecule has 0 spiro atoms. The first kappa shape index (κ1) is 12.9. The topological polar surface area (TPSA) is 56.0 Å². The summed E-state index contributed by atoms with van der Waals surface area (Å²) in [4.78, 5) is 14.0. The lowest BCUT2D eigenvalue weighted by atomic mass is 10.2. The highest BCUT2D eigenvalue weighted by atomic mass is 35.5. The highest BCUT2D eigenvalue weighted by Crippen LogP contribution is 2.25. The van der Waals surface area contributed by atoms with Gasteiger partial charge in [-0.1, -0.05) is 29.8 Å². The molecule has 0 saturated carbocycles. The van der Waals surface area contributed by atoms with Gasteiger partial charge in [-0.2, -0.15) is 0 Å². The van der Waals surface area contributed by atoms with Crippen LogP contribution in [0.4, 0.5) is 5.69 Å². The van der Waals surface area contributed by atoms with Crippen LogP contribution in [0.25, 0.3) is 0 Å². The minimum absolute atomic E-state index is 0.00269. The Morgan fingerprint density at radius 3 is 2.67 bits per heavy atom. The number of benzene rings is 1. The first-order valence-electron chi connectivity index (χ1n) is 5.13. The van der Waals surface area contributed by atoms with Crippen molar-refractivity contribution in [3.8, 4) is 0 Å². The van der Waals surface area contributed by atoms with Gasteiger partial charge in [-0.3, -0.25) is 10.1 Å². The molecule has 0 aliphatic carbocycles. The van der Waals surface area contributed by atoms with Crippen molar-refractivity contribution in [3.05, 3.63) is 63.3 Å². The Labute approximate surface area is 113 Å². The highest BCUT2D eigenvalue weighted by molar-refractivity contribution is 7.98. The third-order valence-corrected chi connectivity index (χ3v) is 3.63. The lowest BCUT2D eigenvalue weighted by molar-refractivity contribution is -0.385. The van der Waals surface area contributed by atoms with E-state index in [1.165, 1.54) is 24.0 Å². The Morgan fingerprint density at radius 1 is 1.28 bits per heavy atom. The summed E-state index contributed by atoms with van der Waals surface area (Å²) in [7, 11) is 0. The summed E-state index contributed by atoms with van der Waals surface area (Å²) in [6, 6.07) is 10.7.